The second-order valence-corrected chi connectivity index (χ2v) is 5.55. The Morgan fingerprint density at radius 1 is 1.05 bits per heavy atom. The molecule has 1 aliphatic rings. The molecule has 0 aromatic heterocycles. The van der Waals surface area contributed by atoms with E-state index in [-0.39, 0.29) is 6.04 Å². The average molecular weight is 277 g/mol. The van der Waals surface area contributed by atoms with Crippen molar-refractivity contribution in [3.63, 3.8) is 0 Å². The zero-order valence-electron chi connectivity index (χ0n) is 12.8. The fraction of sp³-hybridized carbons (Fsp3) is 0.647. The predicted octanol–water partition coefficient (Wildman–Crippen LogP) is 3.99. The molecule has 1 unspecified atom stereocenters. The Morgan fingerprint density at radius 2 is 1.70 bits per heavy atom. The molecule has 1 aliphatic carbocycles. The lowest BCUT2D eigenvalue weighted by Crippen LogP contribution is -2.12. The van der Waals surface area contributed by atoms with E-state index in [4.69, 9.17) is 15.2 Å². The lowest BCUT2D eigenvalue weighted by molar-refractivity contribution is 0.267. The van der Waals surface area contributed by atoms with Gasteiger partial charge in [-0.1, -0.05) is 20.3 Å². The monoisotopic (exact) mass is 277 g/mol. The molecule has 0 spiro atoms. The van der Waals surface area contributed by atoms with E-state index in [1.807, 2.05) is 0 Å². The van der Waals surface area contributed by atoms with Gasteiger partial charge >= 0.3 is 0 Å². The lowest BCUT2D eigenvalue weighted by Gasteiger charge is -2.18. The molecule has 2 rings (SSSR count). The van der Waals surface area contributed by atoms with Crippen molar-refractivity contribution in [3.8, 4) is 11.5 Å². The Kier molecular flexibility index (Phi) is 5.72. The van der Waals surface area contributed by atoms with Gasteiger partial charge in [0, 0.05) is 6.04 Å². The molecule has 0 saturated carbocycles. The maximum atomic E-state index is 6.30. The third-order valence-electron chi connectivity index (χ3n) is 3.74. The van der Waals surface area contributed by atoms with Gasteiger partial charge in [-0.15, -0.1) is 0 Å². The Bertz CT molecular complexity index is 431. The highest BCUT2D eigenvalue weighted by Gasteiger charge is 2.19. The summed E-state index contributed by atoms with van der Waals surface area (Å²) in [7, 11) is 0. The van der Waals surface area contributed by atoms with Gasteiger partial charge in [-0.05, 0) is 55.4 Å². The fourth-order valence-electron chi connectivity index (χ4n) is 2.66. The minimum absolute atomic E-state index is 0.136. The van der Waals surface area contributed by atoms with Crippen LogP contribution in [-0.4, -0.2) is 13.2 Å². The van der Waals surface area contributed by atoms with Gasteiger partial charge in [-0.3, -0.25) is 0 Å². The number of nitrogens with two attached hydrogens (primary N) is 1. The summed E-state index contributed by atoms with van der Waals surface area (Å²) in [5.74, 6) is 1.74. The van der Waals surface area contributed by atoms with Gasteiger partial charge in [-0.25, -0.2) is 0 Å². The molecule has 0 bridgehead atoms. The van der Waals surface area contributed by atoms with Gasteiger partial charge in [0.15, 0.2) is 11.5 Å². The highest BCUT2D eigenvalue weighted by Crippen LogP contribution is 2.37. The molecule has 0 amide bonds. The van der Waals surface area contributed by atoms with Gasteiger partial charge in [0.05, 0.1) is 13.2 Å². The van der Waals surface area contributed by atoms with Crippen molar-refractivity contribution in [3.05, 3.63) is 23.3 Å². The van der Waals surface area contributed by atoms with Crippen molar-refractivity contribution >= 4 is 0 Å². The van der Waals surface area contributed by atoms with Crippen molar-refractivity contribution in [2.45, 2.75) is 58.4 Å². The van der Waals surface area contributed by atoms with Crippen LogP contribution in [0.1, 0.15) is 63.1 Å². The quantitative estimate of drug-likeness (QED) is 0.800. The van der Waals surface area contributed by atoms with E-state index in [9.17, 15) is 0 Å². The maximum Gasteiger partial charge on any atom is 0.161 e. The van der Waals surface area contributed by atoms with Crippen molar-refractivity contribution in [1.82, 2.24) is 0 Å². The lowest BCUT2D eigenvalue weighted by atomic mass is 9.99. The summed E-state index contributed by atoms with van der Waals surface area (Å²) in [6.45, 7) is 5.68. The molecule has 112 valence electrons. The topological polar surface area (TPSA) is 44.5 Å². The molecule has 0 fully saturated rings. The average Bonchev–Trinajstić information content (AvgIpc) is 2.64. The van der Waals surface area contributed by atoms with Crippen LogP contribution in [0.3, 0.4) is 0 Å². The van der Waals surface area contributed by atoms with E-state index >= 15 is 0 Å². The number of rotatable bonds is 6. The SMILES string of the molecule is CCCOc1cc2c(cc1OCCC)C(N)CCCC2. The molecule has 1 atom stereocenters. The fourth-order valence-corrected chi connectivity index (χ4v) is 2.66. The molecule has 1 aromatic carbocycles. The van der Waals surface area contributed by atoms with Gasteiger partial charge in [0.1, 0.15) is 0 Å². The van der Waals surface area contributed by atoms with Crippen molar-refractivity contribution in [2.75, 3.05) is 13.2 Å². The van der Waals surface area contributed by atoms with Crippen LogP contribution in [-0.2, 0) is 6.42 Å². The maximum absolute atomic E-state index is 6.30. The molecule has 3 heteroatoms. The third kappa shape index (κ3) is 3.66. The Morgan fingerprint density at radius 3 is 2.35 bits per heavy atom. The Hall–Kier alpha value is -1.22. The molecule has 20 heavy (non-hydrogen) atoms. The van der Waals surface area contributed by atoms with E-state index in [0.29, 0.717) is 0 Å². The first-order chi connectivity index (χ1) is 9.76. The highest BCUT2D eigenvalue weighted by atomic mass is 16.5. The molecular weight excluding hydrogens is 250 g/mol. The van der Waals surface area contributed by atoms with Crippen LogP contribution < -0.4 is 15.2 Å². The van der Waals surface area contributed by atoms with Crippen LogP contribution in [0.4, 0.5) is 0 Å². The van der Waals surface area contributed by atoms with Gasteiger partial charge in [0.25, 0.3) is 0 Å². The van der Waals surface area contributed by atoms with Crippen LogP contribution in [0, 0.1) is 0 Å². The van der Waals surface area contributed by atoms with E-state index in [0.717, 1.165) is 50.4 Å². The van der Waals surface area contributed by atoms with Crippen LogP contribution >= 0.6 is 0 Å². The number of fused-ring (bicyclic) bond motifs is 1. The van der Waals surface area contributed by atoms with E-state index in [1.165, 1.54) is 24.0 Å². The molecule has 0 aliphatic heterocycles. The van der Waals surface area contributed by atoms with Gasteiger partial charge < -0.3 is 15.2 Å². The minimum Gasteiger partial charge on any atom is -0.490 e. The second-order valence-electron chi connectivity index (χ2n) is 5.55. The standard InChI is InChI=1S/C17H27NO2/c1-3-9-19-16-11-13-7-5-6-8-15(18)14(13)12-17(16)20-10-4-2/h11-12,15H,3-10,18H2,1-2H3. The van der Waals surface area contributed by atoms with E-state index < -0.39 is 0 Å². The molecular formula is C17H27NO2. The second kappa shape index (κ2) is 7.53. The summed E-state index contributed by atoms with van der Waals surface area (Å²) in [6.07, 6.45) is 6.57. The molecule has 0 heterocycles. The predicted molar refractivity (Wildman–Crippen MR) is 82.5 cm³/mol. The summed E-state index contributed by atoms with van der Waals surface area (Å²) in [6, 6.07) is 4.41. The number of hydrogen-bond acceptors (Lipinski definition) is 3. The third-order valence-corrected chi connectivity index (χ3v) is 3.74. The smallest absolute Gasteiger partial charge is 0.161 e. The molecule has 0 saturated heterocycles. The van der Waals surface area contributed by atoms with Gasteiger partial charge in [-0.2, -0.15) is 0 Å². The molecule has 0 radical (unpaired) electrons. The van der Waals surface area contributed by atoms with Gasteiger partial charge in [0.2, 0.25) is 0 Å². The number of benzene rings is 1. The highest BCUT2D eigenvalue weighted by molar-refractivity contribution is 5.49. The zero-order chi connectivity index (χ0) is 14.4. The van der Waals surface area contributed by atoms with Crippen molar-refractivity contribution in [1.29, 1.82) is 0 Å². The summed E-state index contributed by atoms with van der Waals surface area (Å²) >= 11 is 0. The normalized spacial score (nSPS) is 18.2. The van der Waals surface area contributed by atoms with Crippen LogP contribution in [0.25, 0.3) is 0 Å². The summed E-state index contributed by atoms with van der Waals surface area (Å²) < 4.78 is 11.7. The first kappa shape index (κ1) is 15.2. The van der Waals surface area contributed by atoms with E-state index in [1.54, 1.807) is 0 Å². The first-order valence-electron chi connectivity index (χ1n) is 7.94. The van der Waals surface area contributed by atoms with Crippen molar-refractivity contribution < 1.29 is 9.47 Å². The Balaban J connectivity index is 2.31. The van der Waals surface area contributed by atoms with Crippen LogP contribution in [0.2, 0.25) is 0 Å². The minimum atomic E-state index is 0.136. The summed E-state index contributed by atoms with van der Waals surface area (Å²) in [5.41, 5.74) is 8.88. The first-order valence-corrected chi connectivity index (χ1v) is 7.94. The largest absolute Gasteiger partial charge is 0.490 e. The summed E-state index contributed by atoms with van der Waals surface area (Å²) in [5, 5.41) is 0. The number of aryl methyl sites for hydroxylation is 1. The molecule has 1 aromatic rings. The Labute approximate surface area is 122 Å². The van der Waals surface area contributed by atoms with Crippen LogP contribution in [0.5, 0.6) is 11.5 Å². The van der Waals surface area contributed by atoms with E-state index in [2.05, 4.69) is 26.0 Å². The zero-order valence-corrected chi connectivity index (χ0v) is 12.8. The summed E-state index contributed by atoms with van der Waals surface area (Å²) in [4.78, 5) is 0. The van der Waals surface area contributed by atoms with Crippen LogP contribution in [0.15, 0.2) is 12.1 Å². The van der Waals surface area contributed by atoms with Crippen molar-refractivity contribution in [2.24, 2.45) is 5.73 Å². The number of ether oxygens (including phenoxy) is 2. The number of hydrogen-bond donors (Lipinski definition) is 1. The molecule has 3 nitrogen and oxygen atoms in total. The molecule has 2 N–H and O–H groups in total.